The minimum atomic E-state index is -0.779. The monoisotopic (exact) mass is 402 g/mol. The number of phenols is 1. The third-order valence-corrected chi connectivity index (χ3v) is 4.11. The van der Waals surface area contributed by atoms with Gasteiger partial charge in [-0.3, -0.25) is 0 Å². The van der Waals surface area contributed by atoms with Gasteiger partial charge < -0.3 is 14.4 Å². The number of H-pyrrole nitrogens is 1. The summed E-state index contributed by atoms with van der Waals surface area (Å²) in [6, 6.07) is 8.89. The van der Waals surface area contributed by atoms with Crippen LogP contribution in [0.4, 0.5) is 0 Å². The van der Waals surface area contributed by atoms with E-state index in [0.717, 1.165) is 27.0 Å². The molecule has 3 rings (SSSR count). The number of nitrogens with one attached hydrogen (secondary N) is 1. The molecule has 0 saturated heterocycles. The fraction of sp³-hybridized carbons (Fsp3) is 0.364. The normalized spacial score (nSPS) is 9.76. The van der Waals surface area contributed by atoms with Crippen molar-refractivity contribution in [3.63, 3.8) is 0 Å². The first-order valence-corrected chi connectivity index (χ1v) is 9.72. The zero-order chi connectivity index (χ0) is 22.1. The van der Waals surface area contributed by atoms with Gasteiger partial charge in [-0.2, -0.15) is 0 Å². The molecule has 158 valence electrons. The van der Waals surface area contributed by atoms with Gasteiger partial charge in [-0.15, -0.1) is 4.74 Å². The molecule has 0 amide bonds. The van der Waals surface area contributed by atoms with Crippen molar-refractivity contribution < 1.29 is 14.4 Å². The minimum Gasteiger partial charge on any atom is -0.507 e. The van der Waals surface area contributed by atoms with Crippen LogP contribution in [-0.4, -0.2) is 14.8 Å². The fourth-order valence-electron chi connectivity index (χ4n) is 2.51. The summed E-state index contributed by atoms with van der Waals surface area (Å²) >= 11 is 0. The summed E-state index contributed by atoms with van der Waals surface area (Å²) in [4.78, 5) is 24.5. The Balaban J connectivity index is 0.000000989. The van der Waals surface area contributed by atoms with E-state index in [1.807, 2.05) is 53.5 Å². The van der Waals surface area contributed by atoms with E-state index in [2.05, 4.69) is 0 Å². The van der Waals surface area contributed by atoms with E-state index in [4.69, 9.17) is 9.26 Å². The zero-order valence-electron chi connectivity index (χ0n) is 18.1. The summed E-state index contributed by atoms with van der Waals surface area (Å²) in [5, 5.41) is 9.96. The maximum atomic E-state index is 11.4. The highest BCUT2D eigenvalue weighted by atomic mass is 16.5. The van der Waals surface area contributed by atoms with Crippen molar-refractivity contribution in [3.8, 4) is 17.2 Å². The molecule has 0 bridgehead atoms. The molecule has 0 atom stereocenters. The molecular weight excluding hydrogens is 372 g/mol. The molecule has 1 heterocycles. The van der Waals surface area contributed by atoms with Crippen molar-refractivity contribution in [1.82, 2.24) is 9.72 Å². The smallest absolute Gasteiger partial charge is 0.440 e. The molecule has 7 heteroatoms. The van der Waals surface area contributed by atoms with Crippen molar-refractivity contribution in [2.24, 2.45) is 0 Å². The second-order valence-electron chi connectivity index (χ2n) is 5.88. The van der Waals surface area contributed by atoms with Gasteiger partial charge >= 0.3 is 11.4 Å². The highest BCUT2D eigenvalue weighted by molar-refractivity contribution is 5.52. The molecule has 7 nitrogen and oxygen atoms in total. The first-order chi connectivity index (χ1) is 13.8. The summed E-state index contributed by atoms with van der Waals surface area (Å²) in [6.07, 6.45) is 0. The van der Waals surface area contributed by atoms with Gasteiger partial charge in [-0.05, 0) is 61.2 Å². The SMILES string of the molecule is CC.CC.Cc1cc(Oc2ccc(Cn3oc(=O)[nH]c3=O)cc2)c(C)c(C)c1O. The number of aromatic nitrogens is 2. The molecule has 0 saturated carbocycles. The number of ether oxygens (including phenoxy) is 1. The minimum absolute atomic E-state index is 0.147. The average molecular weight is 402 g/mol. The molecule has 0 fully saturated rings. The van der Waals surface area contributed by atoms with Crippen LogP contribution in [-0.2, 0) is 6.54 Å². The van der Waals surface area contributed by atoms with Gasteiger partial charge in [0.1, 0.15) is 17.2 Å². The topological polar surface area (TPSA) is 97.5 Å². The van der Waals surface area contributed by atoms with E-state index in [-0.39, 0.29) is 12.3 Å². The molecule has 0 aliphatic heterocycles. The maximum absolute atomic E-state index is 11.4. The van der Waals surface area contributed by atoms with Crippen LogP contribution < -0.4 is 16.2 Å². The van der Waals surface area contributed by atoms with Gasteiger partial charge in [-0.1, -0.05) is 39.8 Å². The lowest BCUT2D eigenvalue weighted by Gasteiger charge is -2.14. The average Bonchev–Trinajstić information content (AvgIpc) is 3.05. The Bertz CT molecular complexity index is 1030. The lowest BCUT2D eigenvalue weighted by molar-refractivity contribution is 0.258. The van der Waals surface area contributed by atoms with E-state index in [9.17, 15) is 14.7 Å². The van der Waals surface area contributed by atoms with Gasteiger partial charge in [0.05, 0.1) is 6.54 Å². The number of phenolic OH excluding ortho intramolecular Hbond substituents is 1. The van der Waals surface area contributed by atoms with Crippen molar-refractivity contribution in [2.45, 2.75) is 55.0 Å². The lowest BCUT2D eigenvalue weighted by Crippen LogP contribution is -2.17. The van der Waals surface area contributed by atoms with E-state index >= 15 is 0 Å². The van der Waals surface area contributed by atoms with E-state index < -0.39 is 11.4 Å². The predicted molar refractivity (Wildman–Crippen MR) is 114 cm³/mol. The second kappa shape index (κ2) is 10.9. The van der Waals surface area contributed by atoms with E-state index in [1.54, 1.807) is 30.3 Å². The van der Waals surface area contributed by atoms with Crippen molar-refractivity contribution in [2.75, 3.05) is 0 Å². The van der Waals surface area contributed by atoms with Crippen molar-refractivity contribution in [3.05, 3.63) is 73.6 Å². The number of benzene rings is 2. The first-order valence-electron chi connectivity index (χ1n) is 9.72. The fourth-order valence-corrected chi connectivity index (χ4v) is 2.51. The second-order valence-corrected chi connectivity index (χ2v) is 5.88. The Morgan fingerprint density at radius 3 is 2.10 bits per heavy atom. The number of aromatic amines is 1. The quantitative estimate of drug-likeness (QED) is 0.662. The molecule has 0 spiro atoms. The van der Waals surface area contributed by atoms with Gasteiger partial charge in [0.2, 0.25) is 0 Å². The Hall–Kier alpha value is -3.22. The third kappa shape index (κ3) is 5.88. The molecule has 2 N–H and O–H groups in total. The Kier molecular flexibility index (Phi) is 8.99. The Morgan fingerprint density at radius 2 is 1.59 bits per heavy atom. The highest BCUT2D eigenvalue weighted by Crippen LogP contribution is 2.34. The largest absolute Gasteiger partial charge is 0.507 e. The van der Waals surface area contributed by atoms with Gasteiger partial charge in [0.25, 0.3) is 0 Å². The maximum Gasteiger partial charge on any atom is 0.440 e. The summed E-state index contributed by atoms with van der Waals surface area (Å²) in [6.45, 7) is 13.7. The number of aromatic hydroxyl groups is 1. The van der Waals surface area contributed by atoms with Gasteiger partial charge in [0, 0.05) is 0 Å². The van der Waals surface area contributed by atoms with Crippen LogP contribution in [0.2, 0.25) is 0 Å². The Morgan fingerprint density at radius 1 is 1.00 bits per heavy atom. The predicted octanol–water partition coefficient (Wildman–Crippen LogP) is 4.65. The van der Waals surface area contributed by atoms with Crippen LogP contribution in [0.25, 0.3) is 0 Å². The summed E-state index contributed by atoms with van der Waals surface area (Å²) < 4.78 is 11.6. The summed E-state index contributed by atoms with van der Waals surface area (Å²) in [5.74, 6) is 0.796. The highest BCUT2D eigenvalue weighted by Gasteiger charge is 2.11. The van der Waals surface area contributed by atoms with Gasteiger partial charge in [0.15, 0.2) is 0 Å². The standard InChI is InChI=1S/C18H18N2O5.2C2H6/c1-10-8-15(11(2)12(3)16(10)21)24-14-6-4-13(5-7-14)9-20-17(22)19-18(23)25-20;2*1-2/h4-8,21H,9H2,1-3H3,(H,19,22,23);2*1-2H3. The molecule has 0 radical (unpaired) electrons. The molecule has 2 aromatic carbocycles. The van der Waals surface area contributed by atoms with Crippen LogP contribution in [0, 0.1) is 20.8 Å². The molecule has 3 aromatic rings. The van der Waals surface area contributed by atoms with Crippen LogP contribution >= 0.6 is 0 Å². The van der Waals surface area contributed by atoms with E-state index in [0.29, 0.717) is 11.5 Å². The molecule has 29 heavy (non-hydrogen) atoms. The molecule has 1 aromatic heterocycles. The molecule has 0 unspecified atom stereocenters. The number of hydrogen-bond donors (Lipinski definition) is 2. The number of rotatable bonds is 4. The van der Waals surface area contributed by atoms with Gasteiger partial charge in [-0.25, -0.2) is 14.6 Å². The van der Waals surface area contributed by atoms with Crippen molar-refractivity contribution in [1.29, 1.82) is 0 Å². The van der Waals surface area contributed by atoms with Crippen LogP contribution in [0.15, 0.2) is 44.4 Å². The summed E-state index contributed by atoms with van der Waals surface area (Å²) in [5.41, 5.74) is 2.60. The zero-order valence-corrected chi connectivity index (χ0v) is 18.1. The molecule has 0 aliphatic rings. The Labute approximate surface area is 170 Å². The molecule has 0 aliphatic carbocycles. The van der Waals surface area contributed by atoms with Crippen LogP contribution in [0.1, 0.15) is 49.9 Å². The molecular formula is C22H30N2O5. The first kappa shape index (κ1) is 23.8. The van der Waals surface area contributed by atoms with Crippen molar-refractivity contribution >= 4 is 0 Å². The van der Waals surface area contributed by atoms with Crippen LogP contribution in [0.5, 0.6) is 17.2 Å². The number of aryl methyl sites for hydroxylation is 1. The number of nitrogens with zero attached hydrogens (tertiary/aromatic N) is 1. The third-order valence-electron chi connectivity index (χ3n) is 4.11. The number of hydrogen-bond acceptors (Lipinski definition) is 5. The van der Waals surface area contributed by atoms with E-state index in [1.165, 1.54) is 0 Å². The lowest BCUT2D eigenvalue weighted by atomic mass is 10.0. The summed E-state index contributed by atoms with van der Waals surface area (Å²) in [7, 11) is 0. The van der Waals surface area contributed by atoms with Crippen LogP contribution in [0.3, 0.4) is 0 Å².